The van der Waals surface area contributed by atoms with Gasteiger partial charge in [0.25, 0.3) is 5.56 Å². The molecule has 0 aliphatic carbocycles. The van der Waals surface area contributed by atoms with Crippen LogP contribution in [0, 0.1) is 0 Å². The van der Waals surface area contributed by atoms with Crippen LogP contribution in [0.15, 0.2) is 21.9 Å². The molecule has 110 valence electrons. The number of hydrogen-bond acceptors (Lipinski definition) is 4. The van der Waals surface area contributed by atoms with Gasteiger partial charge in [0.1, 0.15) is 6.54 Å². The van der Waals surface area contributed by atoms with Gasteiger partial charge in [-0.3, -0.25) is 18.7 Å². The molecule has 1 aliphatic rings. The largest absolute Gasteiger partial charge is 0.338 e. The molecule has 0 bridgehead atoms. The Morgan fingerprint density at radius 2 is 1.90 bits per heavy atom. The van der Waals surface area contributed by atoms with Crippen LogP contribution in [0.25, 0.3) is 0 Å². The summed E-state index contributed by atoms with van der Waals surface area (Å²) in [6.45, 7) is 5.27. The Morgan fingerprint density at radius 3 is 2.50 bits per heavy atom. The minimum absolute atomic E-state index is 0.0353. The zero-order valence-electron chi connectivity index (χ0n) is 12.0. The molecule has 1 amide bonds. The van der Waals surface area contributed by atoms with E-state index >= 15 is 0 Å². The fourth-order valence-electron chi connectivity index (χ4n) is 2.51. The minimum atomic E-state index is -0.470. The van der Waals surface area contributed by atoms with Crippen LogP contribution in [-0.2, 0) is 18.4 Å². The molecule has 7 heteroatoms. The molecule has 2 atom stereocenters. The van der Waals surface area contributed by atoms with Gasteiger partial charge in [0, 0.05) is 44.5 Å². The maximum atomic E-state index is 12.3. The van der Waals surface area contributed by atoms with Crippen LogP contribution >= 0.6 is 0 Å². The lowest BCUT2D eigenvalue weighted by Crippen LogP contribution is -2.56. The van der Waals surface area contributed by atoms with Crippen LogP contribution in [0.5, 0.6) is 0 Å². The standard InChI is InChI=1S/C13H20N4O3/c1-9-6-17(7-10(2)14-9)12(19)8-16-5-4-11(18)15(3)13(16)20/h4-5,9-10,14H,6-8H2,1-3H3/t9-,10+. The molecule has 7 nitrogen and oxygen atoms in total. The van der Waals surface area contributed by atoms with Crippen molar-refractivity contribution in [3.63, 3.8) is 0 Å². The van der Waals surface area contributed by atoms with E-state index in [2.05, 4.69) is 5.32 Å². The third-order valence-corrected chi connectivity index (χ3v) is 3.48. The number of rotatable bonds is 2. The summed E-state index contributed by atoms with van der Waals surface area (Å²) in [5, 5.41) is 3.35. The van der Waals surface area contributed by atoms with Crippen molar-refractivity contribution >= 4 is 5.91 Å². The van der Waals surface area contributed by atoms with E-state index in [1.807, 2.05) is 13.8 Å². The molecule has 1 fully saturated rings. The second-order valence-electron chi connectivity index (χ2n) is 5.39. The first-order chi connectivity index (χ1) is 9.38. The van der Waals surface area contributed by atoms with Crippen molar-refractivity contribution < 1.29 is 4.79 Å². The number of hydrogen-bond donors (Lipinski definition) is 1. The summed E-state index contributed by atoms with van der Waals surface area (Å²) < 4.78 is 2.26. The zero-order valence-corrected chi connectivity index (χ0v) is 12.0. The van der Waals surface area contributed by atoms with Gasteiger partial charge in [-0.2, -0.15) is 0 Å². The van der Waals surface area contributed by atoms with E-state index in [1.165, 1.54) is 23.9 Å². The Labute approximate surface area is 116 Å². The fraction of sp³-hybridized carbons (Fsp3) is 0.615. The third kappa shape index (κ3) is 2.98. The van der Waals surface area contributed by atoms with Crippen LogP contribution in [0.2, 0.25) is 0 Å². The zero-order chi connectivity index (χ0) is 14.9. The Balaban J connectivity index is 2.14. The first-order valence-corrected chi connectivity index (χ1v) is 6.69. The maximum Gasteiger partial charge on any atom is 0.331 e. The molecule has 20 heavy (non-hydrogen) atoms. The molecule has 1 saturated heterocycles. The van der Waals surface area contributed by atoms with E-state index < -0.39 is 5.69 Å². The normalized spacial score (nSPS) is 22.9. The quantitative estimate of drug-likeness (QED) is 0.735. The van der Waals surface area contributed by atoms with Gasteiger partial charge in [-0.25, -0.2) is 4.79 Å². The first kappa shape index (κ1) is 14.5. The first-order valence-electron chi connectivity index (χ1n) is 6.69. The Kier molecular flexibility index (Phi) is 4.08. The highest BCUT2D eigenvalue weighted by Gasteiger charge is 2.24. The predicted molar refractivity (Wildman–Crippen MR) is 74.6 cm³/mol. The molecule has 0 spiro atoms. The van der Waals surface area contributed by atoms with Crippen molar-refractivity contribution in [1.82, 2.24) is 19.4 Å². The van der Waals surface area contributed by atoms with Gasteiger partial charge in [0.05, 0.1) is 0 Å². The van der Waals surface area contributed by atoms with Crippen LogP contribution in [0.1, 0.15) is 13.8 Å². The predicted octanol–water partition coefficient (Wildman–Crippen LogP) is -1.24. The molecule has 1 aromatic rings. The maximum absolute atomic E-state index is 12.3. The van der Waals surface area contributed by atoms with E-state index in [4.69, 9.17) is 0 Å². The van der Waals surface area contributed by atoms with Gasteiger partial charge in [-0.15, -0.1) is 0 Å². The highest BCUT2D eigenvalue weighted by molar-refractivity contribution is 5.76. The lowest BCUT2D eigenvalue weighted by molar-refractivity contribution is -0.133. The number of piperazine rings is 1. The van der Waals surface area contributed by atoms with Crippen LogP contribution < -0.4 is 16.6 Å². The molecule has 1 aliphatic heterocycles. The number of nitrogens with one attached hydrogen (secondary N) is 1. The summed E-state index contributed by atoms with van der Waals surface area (Å²) in [7, 11) is 1.40. The topological polar surface area (TPSA) is 76.3 Å². The van der Waals surface area contributed by atoms with Crippen LogP contribution in [0.4, 0.5) is 0 Å². The fourth-order valence-corrected chi connectivity index (χ4v) is 2.51. The molecule has 1 aromatic heterocycles. The molecule has 1 N–H and O–H groups in total. The summed E-state index contributed by atoms with van der Waals surface area (Å²) in [5.41, 5.74) is -0.842. The van der Waals surface area contributed by atoms with Crippen LogP contribution in [0.3, 0.4) is 0 Å². The van der Waals surface area contributed by atoms with Gasteiger partial charge < -0.3 is 10.2 Å². The third-order valence-electron chi connectivity index (χ3n) is 3.48. The molecule has 2 rings (SSSR count). The molecular formula is C13H20N4O3. The average molecular weight is 280 g/mol. The van der Waals surface area contributed by atoms with E-state index in [-0.39, 0.29) is 30.1 Å². The molecule has 0 unspecified atom stereocenters. The van der Waals surface area contributed by atoms with Crippen LogP contribution in [-0.4, -0.2) is 45.1 Å². The highest BCUT2D eigenvalue weighted by atomic mass is 16.2. The summed E-state index contributed by atoms with van der Waals surface area (Å²) in [6, 6.07) is 1.76. The van der Waals surface area contributed by atoms with E-state index in [9.17, 15) is 14.4 Å². The van der Waals surface area contributed by atoms with E-state index in [0.29, 0.717) is 13.1 Å². The van der Waals surface area contributed by atoms with Gasteiger partial charge in [0.15, 0.2) is 0 Å². The minimum Gasteiger partial charge on any atom is -0.338 e. The lowest BCUT2D eigenvalue weighted by atomic mass is 10.1. The molecular weight excluding hydrogens is 260 g/mol. The number of nitrogens with zero attached hydrogens (tertiary/aromatic N) is 3. The molecule has 0 saturated carbocycles. The highest BCUT2D eigenvalue weighted by Crippen LogP contribution is 2.04. The van der Waals surface area contributed by atoms with Gasteiger partial charge in [0.2, 0.25) is 5.91 Å². The van der Waals surface area contributed by atoms with Gasteiger partial charge >= 0.3 is 5.69 Å². The number of amides is 1. The van der Waals surface area contributed by atoms with Crippen molar-refractivity contribution in [1.29, 1.82) is 0 Å². The monoisotopic (exact) mass is 280 g/mol. The molecule has 0 aromatic carbocycles. The van der Waals surface area contributed by atoms with Crippen molar-refractivity contribution in [2.45, 2.75) is 32.5 Å². The summed E-state index contributed by atoms with van der Waals surface area (Å²) in [5.74, 6) is -0.106. The van der Waals surface area contributed by atoms with Crippen molar-refractivity contribution in [2.75, 3.05) is 13.1 Å². The number of aromatic nitrogens is 2. The van der Waals surface area contributed by atoms with Crippen molar-refractivity contribution in [3.8, 4) is 0 Å². The van der Waals surface area contributed by atoms with E-state index in [0.717, 1.165) is 4.57 Å². The lowest BCUT2D eigenvalue weighted by Gasteiger charge is -2.36. The van der Waals surface area contributed by atoms with Gasteiger partial charge in [-0.1, -0.05) is 0 Å². The number of carbonyl (C=O) groups is 1. The summed E-state index contributed by atoms with van der Waals surface area (Å²) in [6.07, 6.45) is 1.37. The Bertz CT molecular complexity index is 609. The van der Waals surface area contributed by atoms with E-state index in [1.54, 1.807) is 4.90 Å². The second-order valence-corrected chi connectivity index (χ2v) is 5.39. The summed E-state index contributed by atoms with van der Waals surface area (Å²) in [4.78, 5) is 37.2. The molecule has 2 heterocycles. The SMILES string of the molecule is C[C@@H]1CN(C(=O)Cn2ccc(=O)n(C)c2=O)C[C@H](C)N1. The smallest absolute Gasteiger partial charge is 0.331 e. The van der Waals surface area contributed by atoms with Gasteiger partial charge in [-0.05, 0) is 13.8 Å². The Hall–Kier alpha value is -1.89. The molecule has 0 radical (unpaired) electrons. The number of carbonyl (C=O) groups excluding carboxylic acids is 1. The van der Waals surface area contributed by atoms with Crippen molar-refractivity contribution in [3.05, 3.63) is 33.1 Å². The Morgan fingerprint density at radius 1 is 1.30 bits per heavy atom. The summed E-state index contributed by atoms with van der Waals surface area (Å²) >= 11 is 0. The van der Waals surface area contributed by atoms with Crippen molar-refractivity contribution in [2.24, 2.45) is 7.05 Å². The second kappa shape index (κ2) is 5.62. The average Bonchev–Trinajstić information content (AvgIpc) is 2.38.